The molecule has 0 bridgehead atoms. The Labute approximate surface area is 240 Å². The fourth-order valence-corrected chi connectivity index (χ4v) is 4.49. The predicted octanol–water partition coefficient (Wildman–Crippen LogP) is 3.07. The maximum Gasteiger partial charge on any atom is 0.407 e. The summed E-state index contributed by atoms with van der Waals surface area (Å²) >= 11 is 0. The highest BCUT2D eigenvalue weighted by Gasteiger charge is 2.41. The van der Waals surface area contributed by atoms with Gasteiger partial charge in [0, 0.05) is 31.9 Å². The Balaban J connectivity index is 1.54. The molecule has 0 saturated carbocycles. The van der Waals surface area contributed by atoms with Gasteiger partial charge in [0.1, 0.15) is 6.04 Å². The van der Waals surface area contributed by atoms with Gasteiger partial charge in [-0.25, -0.2) is 9.79 Å². The molecule has 0 saturated heterocycles. The number of hydrogen-bond acceptors (Lipinski definition) is 6. The Morgan fingerprint density at radius 1 is 0.878 bits per heavy atom. The zero-order valence-electron chi connectivity index (χ0n) is 23.5. The number of nitrogens with two attached hydrogens (primary N) is 1. The van der Waals surface area contributed by atoms with Crippen molar-refractivity contribution in [1.29, 1.82) is 0 Å². The van der Waals surface area contributed by atoms with Gasteiger partial charge in [-0.15, -0.1) is 0 Å². The normalized spacial score (nSPS) is 12.2. The van der Waals surface area contributed by atoms with Crippen LogP contribution in [0.15, 0.2) is 90.2 Å². The highest BCUT2D eigenvalue weighted by Crippen LogP contribution is 2.34. The number of methoxy groups -OCH3 is 1. The zero-order valence-corrected chi connectivity index (χ0v) is 23.5. The van der Waals surface area contributed by atoms with E-state index in [0.717, 1.165) is 23.1 Å². The SMILES string of the molecule is COC(=O)N[C@@H](Cc1ccncc1)C(=O)NCCCCCNC(=O)C(N=C(C)N)(c1ccccc1)c1ccccc1. The van der Waals surface area contributed by atoms with E-state index in [2.05, 4.69) is 30.7 Å². The molecule has 3 amide bonds. The van der Waals surface area contributed by atoms with Gasteiger partial charge in [-0.3, -0.25) is 14.6 Å². The molecule has 0 spiro atoms. The topological polar surface area (TPSA) is 148 Å². The molecule has 2 aromatic carbocycles. The van der Waals surface area contributed by atoms with Crippen LogP contribution in [0.25, 0.3) is 0 Å². The number of nitrogens with zero attached hydrogens (tertiary/aromatic N) is 2. The Hall–Kier alpha value is -4.73. The van der Waals surface area contributed by atoms with E-state index in [1.165, 1.54) is 7.11 Å². The molecule has 10 nitrogen and oxygen atoms in total. The summed E-state index contributed by atoms with van der Waals surface area (Å²) in [5, 5.41) is 8.50. The fourth-order valence-electron chi connectivity index (χ4n) is 4.49. The van der Waals surface area contributed by atoms with Gasteiger partial charge in [-0.2, -0.15) is 0 Å². The summed E-state index contributed by atoms with van der Waals surface area (Å²) in [5.74, 6) is -0.264. The summed E-state index contributed by atoms with van der Waals surface area (Å²) in [5.41, 5.74) is 7.02. The van der Waals surface area contributed by atoms with Gasteiger partial charge in [0.2, 0.25) is 5.91 Å². The first-order chi connectivity index (χ1) is 19.9. The third kappa shape index (κ3) is 8.89. The lowest BCUT2D eigenvalue weighted by molar-refractivity contribution is -0.125. The second-order valence-corrected chi connectivity index (χ2v) is 9.55. The van der Waals surface area contributed by atoms with Crippen LogP contribution in [0, 0.1) is 0 Å². The second kappa shape index (κ2) is 15.8. The predicted molar refractivity (Wildman–Crippen MR) is 158 cm³/mol. The maximum absolute atomic E-state index is 13.7. The van der Waals surface area contributed by atoms with Crippen LogP contribution < -0.4 is 21.7 Å². The Kier molecular flexibility index (Phi) is 11.8. The molecule has 10 heteroatoms. The number of aromatic nitrogens is 1. The smallest absolute Gasteiger partial charge is 0.407 e. The van der Waals surface area contributed by atoms with E-state index in [4.69, 9.17) is 5.73 Å². The minimum absolute atomic E-state index is 0.263. The molecule has 3 aromatic rings. The van der Waals surface area contributed by atoms with Gasteiger partial charge < -0.3 is 26.4 Å². The summed E-state index contributed by atoms with van der Waals surface area (Å²) in [7, 11) is 1.25. The largest absolute Gasteiger partial charge is 0.453 e. The first-order valence-corrected chi connectivity index (χ1v) is 13.6. The number of rotatable bonds is 14. The fraction of sp³-hybridized carbons (Fsp3) is 0.323. The summed E-state index contributed by atoms with van der Waals surface area (Å²) < 4.78 is 4.67. The maximum atomic E-state index is 13.7. The number of amidine groups is 1. The molecule has 1 aromatic heterocycles. The van der Waals surface area contributed by atoms with Crippen molar-refractivity contribution < 1.29 is 19.1 Å². The molecular weight excluding hydrogens is 520 g/mol. The van der Waals surface area contributed by atoms with E-state index in [-0.39, 0.29) is 11.8 Å². The number of unbranched alkanes of at least 4 members (excludes halogenated alkanes) is 2. The number of pyridine rings is 1. The molecular formula is C31H38N6O4. The lowest BCUT2D eigenvalue weighted by Gasteiger charge is -2.30. The summed E-state index contributed by atoms with van der Waals surface area (Å²) in [6.07, 6.45) is 5.07. The van der Waals surface area contributed by atoms with Crippen molar-refractivity contribution in [3.8, 4) is 0 Å². The van der Waals surface area contributed by atoms with Gasteiger partial charge in [0.25, 0.3) is 5.91 Å². The molecule has 0 radical (unpaired) electrons. The van der Waals surface area contributed by atoms with E-state index >= 15 is 0 Å². The van der Waals surface area contributed by atoms with Gasteiger partial charge in [-0.05, 0) is 55.0 Å². The van der Waals surface area contributed by atoms with Crippen LogP contribution in [-0.4, -0.2) is 55.0 Å². The van der Waals surface area contributed by atoms with Crippen LogP contribution in [0.2, 0.25) is 0 Å². The quantitative estimate of drug-likeness (QED) is 0.136. The first-order valence-electron chi connectivity index (χ1n) is 13.6. The number of ether oxygens (including phenoxy) is 1. The van der Waals surface area contributed by atoms with Crippen LogP contribution >= 0.6 is 0 Å². The molecule has 41 heavy (non-hydrogen) atoms. The molecule has 1 atom stereocenters. The molecule has 0 aliphatic rings. The number of aliphatic imine (C=N–C) groups is 1. The number of carbonyl (C=O) groups excluding carboxylic acids is 3. The van der Waals surface area contributed by atoms with Crippen molar-refractivity contribution >= 4 is 23.7 Å². The molecule has 3 rings (SSSR count). The van der Waals surface area contributed by atoms with Gasteiger partial charge in [0.05, 0.1) is 12.9 Å². The first kappa shape index (κ1) is 30.8. The molecule has 0 fully saturated rings. The summed E-state index contributed by atoms with van der Waals surface area (Å²) in [4.78, 5) is 46.9. The molecule has 0 aliphatic carbocycles. The van der Waals surface area contributed by atoms with Gasteiger partial charge in [0.15, 0.2) is 5.54 Å². The number of nitrogens with one attached hydrogen (secondary N) is 3. The minimum atomic E-state index is -1.31. The lowest BCUT2D eigenvalue weighted by atomic mass is 9.82. The van der Waals surface area contributed by atoms with Crippen LogP contribution in [0.3, 0.4) is 0 Å². The van der Waals surface area contributed by atoms with Gasteiger partial charge >= 0.3 is 6.09 Å². The number of benzene rings is 2. The summed E-state index contributed by atoms with van der Waals surface area (Å²) in [6.45, 7) is 2.53. The third-order valence-corrected chi connectivity index (χ3v) is 6.48. The van der Waals surface area contributed by atoms with Crippen LogP contribution in [0.5, 0.6) is 0 Å². The van der Waals surface area contributed by atoms with Crippen LogP contribution in [0.1, 0.15) is 42.9 Å². The highest BCUT2D eigenvalue weighted by molar-refractivity contribution is 5.94. The van der Waals surface area contributed by atoms with Crippen molar-refractivity contribution in [3.05, 3.63) is 102 Å². The number of alkyl carbamates (subject to hydrolysis) is 1. The average Bonchev–Trinajstić information content (AvgIpc) is 3.00. The number of hydrogen-bond donors (Lipinski definition) is 4. The van der Waals surface area contributed by atoms with E-state index in [9.17, 15) is 14.4 Å². The van der Waals surface area contributed by atoms with Crippen molar-refractivity contribution in [2.45, 2.75) is 44.2 Å². The van der Waals surface area contributed by atoms with E-state index in [1.54, 1.807) is 31.5 Å². The van der Waals surface area contributed by atoms with Crippen molar-refractivity contribution in [2.24, 2.45) is 10.7 Å². The Morgan fingerprint density at radius 2 is 1.44 bits per heavy atom. The van der Waals surface area contributed by atoms with Crippen molar-refractivity contribution in [1.82, 2.24) is 20.9 Å². The monoisotopic (exact) mass is 558 g/mol. The number of carbonyl (C=O) groups is 3. The van der Waals surface area contributed by atoms with E-state index in [1.807, 2.05) is 60.7 Å². The Bertz CT molecular complexity index is 1240. The lowest BCUT2D eigenvalue weighted by Crippen LogP contribution is -2.48. The van der Waals surface area contributed by atoms with E-state index in [0.29, 0.717) is 38.2 Å². The number of amides is 3. The second-order valence-electron chi connectivity index (χ2n) is 9.55. The average molecular weight is 559 g/mol. The van der Waals surface area contributed by atoms with E-state index < -0.39 is 17.7 Å². The molecule has 1 heterocycles. The van der Waals surface area contributed by atoms with Crippen molar-refractivity contribution in [3.63, 3.8) is 0 Å². The molecule has 5 N–H and O–H groups in total. The molecule has 0 unspecified atom stereocenters. The minimum Gasteiger partial charge on any atom is -0.453 e. The summed E-state index contributed by atoms with van der Waals surface area (Å²) in [6, 6.07) is 21.6. The zero-order chi connectivity index (χ0) is 29.5. The van der Waals surface area contributed by atoms with Gasteiger partial charge in [-0.1, -0.05) is 60.7 Å². The van der Waals surface area contributed by atoms with Crippen LogP contribution in [-0.2, 0) is 26.3 Å². The third-order valence-electron chi connectivity index (χ3n) is 6.48. The molecule has 0 aliphatic heterocycles. The van der Waals surface area contributed by atoms with Crippen LogP contribution in [0.4, 0.5) is 4.79 Å². The van der Waals surface area contributed by atoms with Crippen molar-refractivity contribution in [2.75, 3.05) is 20.2 Å². The Morgan fingerprint density at radius 3 is 1.98 bits per heavy atom. The highest BCUT2D eigenvalue weighted by atomic mass is 16.5. The standard InChI is InChI=1S/C31H38N6O4/c1-23(32)37-31(25-12-6-3-7-13-25,26-14-8-4-9-15-26)29(39)35-19-11-5-10-18-34-28(38)27(36-30(40)41-2)22-24-16-20-33-21-17-24/h3-4,6-9,12-17,20-21,27H,5,10-11,18-19,22H2,1-2H3,(H2,32,37)(H,34,38)(H,35,39)(H,36,40)/t27-/m0/s1. The molecule has 216 valence electrons.